The fourth-order valence-corrected chi connectivity index (χ4v) is 2.55. The van der Waals surface area contributed by atoms with Crippen molar-refractivity contribution in [2.45, 2.75) is 39.7 Å². The molecule has 0 saturated heterocycles. The van der Waals surface area contributed by atoms with Gasteiger partial charge in [-0.25, -0.2) is 0 Å². The van der Waals surface area contributed by atoms with Crippen LogP contribution in [0.15, 0.2) is 42.5 Å². The number of rotatable bonds is 6. The molecule has 2 aromatic carbocycles. The topological polar surface area (TPSA) is 12.0 Å². The van der Waals surface area contributed by atoms with Crippen molar-refractivity contribution in [3.8, 4) is 0 Å². The maximum Gasteiger partial charge on any atom is 0.0322 e. The first-order valence-electron chi connectivity index (χ1n) is 7.42. The summed E-state index contributed by atoms with van der Waals surface area (Å²) in [4.78, 5) is 0. The summed E-state index contributed by atoms with van der Waals surface area (Å²) in [6.45, 7) is 7.90. The van der Waals surface area contributed by atoms with Gasteiger partial charge in [-0.1, -0.05) is 57.2 Å². The lowest BCUT2D eigenvalue weighted by atomic mass is 9.95. The molecule has 0 aromatic heterocycles. The molecule has 19 heavy (non-hydrogen) atoms. The lowest BCUT2D eigenvalue weighted by Crippen LogP contribution is -2.23. The van der Waals surface area contributed by atoms with E-state index in [9.17, 15) is 0 Å². The van der Waals surface area contributed by atoms with E-state index in [2.05, 4.69) is 68.6 Å². The molecule has 1 N–H and O–H groups in total. The van der Waals surface area contributed by atoms with Crippen LogP contribution in [-0.4, -0.2) is 6.54 Å². The van der Waals surface area contributed by atoms with Gasteiger partial charge in [0.2, 0.25) is 0 Å². The lowest BCUT2D eigenvalue weighted by molar-refractivity contribution is 0.430. The first-order chi connectivity index (χ1) is 9.20. The molecule has 1 nitrogen and oxygen atoms in total. The van der Waals surface area contributed by atoms with Crippen molar-refractivity contribution in [1.29, 1.82) is 0 Å². The average molecular weight is 255 g/mol. The van der Waals surface area contributed by atoms with Crippen LogP contribution in [0.3, 0.4) is 0 Å². The largest absolute Gasteiger partial charge is 0.310 e. The van der Waals surface area contributed by atoms with Crippen LogP contribution in [0.4, 0.5) is 0 Å². The van der Waals surface area contributed by atoms with Gasteiger partial charge < -0.3 is 5.32 Å². The number of nitrogens with one attached hydrogen (secondary N) is 1. The number of fused-ring (bicyclic) bond motifs is 1. The first-order valence-corrected chi connectivity index (χ1v) is 7.42. The molecule has 0 amide bonds. The zero-order valence-corrected chi connectivity index (χ0v) is 12.3. The van der Waals surface area contributed by atoms with Crippen LogP contribution in [-0.2, 0) is 0 Å². The highest BCUT2D eigenvalue weighted by Crippen LogP contribution is 2.25. The molecule has 0 aliphatic heterocycles. The molecule has 1 unspecified atom stereocenters. The number of hydrogen-bond acceptors (Lipinski definition) is 1. The summed E-state index contributed by atoms with van der Waals surface area (Å²) in [5.41, 5.74) is 1.42. The van der Waals surface area contributed by atoms with Crippen LogP contribution in [0.5, 0.6) is 0 Å². The Morgan fingerprint density at radius 2 is 1.74 bits per heavy atom. The van der Waals surface area contributed by atoms with Crippen LogP contribution in [0, 0.1) is 5.92 Å². The maximum atomic E-state index is 3.68. The van der Waals surface area contributed by atoms with E-state index in [4.69, 9.17) is 0 Å². The highest BCUT2D eigenvalue weighted by atomic mass is 14.9. The predicted octanol–water partition coefficient (Wildman–Crippen LogP) is 4.93. The maximum absolute atomic E-state index is 3.68. The SMILES string of the molecule is CCCNC(CC(C)C)c1ccc2ccccc2c1. The van der Waals surface area contributed by atoms with Gasteiger partial charge in [0.05, 0.1) is 0 Å². The Labute approximate surface area is 117 Å². The van der Waals surface area contributed by atoms with Crippen LogP contribution >= 0.6 is 0 Å². The van der Waals surface area contributed by atoms with Crippen LogP contribution in [0.25, 0.3) is 10.8 Å². The fraction of sp³-hybridized carbons (Fsp3) is 0.444. The Hall–Kier alpha value is -1.34. The highest BCUT2D eigenvalue weighted by molar-refractivity contribution is 5.83. The summed E-state index contributed by atoms with van der Waals surface area (Å²) in [5.74, 6) is 0.709. The Bertz CT molecular complexity index is 516. The van der Waals surface area contributed by atoms with Crippen molar-refractivity contribution in [1.82, 2.24) is 5.32 Å². The second-order valence-electron chi connectivity index (χ2n) is 5.74. The summed E-state index contributed by atoms with van der Waals surface area (Å²) in [5, 5.41) is 6.35. The fourth-order valence-electron chi connectivity index (χ4n) is 2.55. The van der Waals surface area contributed by atoms with Gasteiger partial charge in [-0.15, -0.1) is 0 Å². The van der Waals surface area contributed by atoms with E-state index in [1.165, 1.54) is 29.2 Å². The van der Waals surface area contributed by atoms with Gasteiger partial charge in [0.25, 0.3) is 0 Å². The molecule has 0 fully saturated rings. The molecule has 102 valence electrons. The minimum Gasteiger partial charge on any atom is -0.310 e. The standard InChI is InChI=1S/C18H25N/c1-4-11-19-18(12-14(2)3)17-10-9-15-7-5-6-8-16(15)13-17/h5-10,13-14,18-19H,4,11-12H2,1-3H3. The summed E-state index contributed by atoms with van der Waals surface area (Å²) in [6.07, 6.45) is 2.38. The zero-order valence-electron chi connectivity index (χ0n) is 12.3. The molecule has 0 heterocycles. The summed E-state index contributed by atoms with van der Waals surface area (Å²) >= 11 is 0. The van der Waals surface area contributed by atoms with E-state index in [1.807, 2.05) is 0 Å². The van der Waals surface area contributed by atoms with Crippen LogP contribution in [0.2, 0.25) is 0 Å². The van der Waals surface area contributed by atoms with Crippen molar-refractivity contribution in [2.75, 3.05) is 6.54 Å². The van der Waals surface area contributed by atoms with Gasteiger partial charge in [0.15, 0.2) is 0 Å². The molecule has 0 radical (unpaired) electrons. The smallest absolute Gasteiger partial charge is 0.0322 e. The van der Waals surface area contributed by atoms with Gasteiger partial charge in [-0.2, -0.15) is 0 Å². The predicted molar refractivity (Wildman–Crippen MR) is 84.4 cm³/mol. The molecule has 1 atom stereocenters. The lowest BCUT2D eigenvalue weighted by Gasteiger charge is -2.21. The minimum atomic E-state index is 0.476. The van der Waals surface area contributed by atoms with Gasteiger partial charge in [0.1, 0.15) is 0 Å². The molecule has 1 heteroatoms. The van der Waals surface area contributed by atoms with E-state index in [1.54, 1.807) is 0 Å². The third-order valence-electron chi connectivity index (χ3n) is 3.52. The Balaban J connectivity index is 2.26. The molecular formula is C18H25N. The first kappa shape index (κ1) is 14.1. The zero-order chi connectivity index (χ0) is 13.7. The quantitative estimate of drug-likeness (QED) is 0.772. The summed E-state index contributed by atoms with van der Waals surface area (Å²) in [7, 11) is 0. The molecule has 0 bridgehead atoms. The van der Waals surface area contributed by atoms with Crippen LogP contribution in [0.1, 0.15) is 45.2 Å². The third-order valence-corrected chi connectivity index (χ3v) is 3.52. The van der Waals surface area contributed by atoms with Crippen molar-refractivity contribution in [3.63, 3.8) is 0 Å². The summed E-state index contributed by atoms with van der Waals surface area (Å²) < 4.78 is 0. The molecule has 2 rings (SSSR count). The van der Waals surface area contributed by atoms with Crippen molar-refractivity contribution < 1.29 is 0 Å². The molecule has 0 saturated carbocycles. The highest BCUT2D eigenvalue weighted by Gasteiger charge is 2.12. The molecule has 0 aliphatic carbocycles. The summed E-state index contributed by atoms with van der Waals surface area (Å²) in [6, 6.07) is 15.9. The molecule has 0 aliphatic rings. The van der Waals surface area contributed by atoms with Gasteiger partial charge in [0, 0.05) is 6.04 Å². The van der Waals surface area contributed by atoms with E-state index in [-0.39, 0.29) is 0 Å². The van der Waals surface area contributed by atoms with Gasteiger partial charge >= 0.3 is 0 Å². The van der Waals surface area contributed by atoms with Crippen molar-refractivity contribution >= 4 is 10.8 Å². The minimum absolute atomic E-state index is 0.476. The third kappa shape index (κ3) is 3.81. The van der Waals surface area contributed by atoms with Crippen molar-refractivity contribution in [2.24, 2.45) is 5.92 Å². The second kappa shape index (κ2) is 6.72. The second-order valence-corrected chi connectivity index (χ2v) is 5.74. The number of hydrogen-bond donors (Lipinski definition) is 1. The normalized spacial score (nSPS) is 13.1. The van der Waals surface area contributed by atoms with E-state index in [0.717, 1.165) is 6.54 Å². The molecular weight excluding hydrogens is 230 g/mol. The Morgan fingerprint density at radius 1 is 1.00 bits per heavy atom. The average Bonchev–Trinajstić information content (AvgIpc) is 2.42. The van der Waals surface area contributed by atoms with Crippen molar-refractivity contribution in [3.05, 3.63) is 48.0 Å². The van der Waals surface area contributed by atoms with Crippen LogP contribution < -0.4 is 5.32 Å². The monoisotopic (exact) mass is 255 g/mol. The van der Waals surface area contributed by atoms with E-state index >= 15 is 0 Å². The number of benzene rings is 2. The molecule has 2 aromatic rings. The van der Waals surface area contributed by atoms with Gasteiger partial charge in [-0.05, 0) is 47.7 Å². The Kier molecular flexibility index (Phi) is 4.98. The Morgan fingerprint density at radius 3 is 2.42 bits per heavy atom. The molecule has 0 spiro atoms. The van der Waals surface area contributed by atoms with Gasteiger partial charge in [-0.3, -0.25) is 0 Å². The van der Waals surface area contributed by atoms with E-state index < -0.39 is 0 Å². The van der Waals surface area contributed by atoms with E-state index in [0.29, 0.717) is 12.0 Å².